The van der Waals surface area contributed by atoms with E-state index in [-0.39, 0.29) is 30.4 Å². The zero-order valence-corrected chi connectivity index (χ0v) is 17.2. The largest absolute Gasteiger partial charge is 0.494 e. The number of benzene rings is 2. The Hall–Kier alpha value is -3.82. The molecule has 0 atom stereocenters. The molecular formula is C21H20F2N6O2. The van der Waals surface area contributed by atoms with Gasteiger partial charge in [-0.15, -0.1) is 5.10 Å². The topological polar surface area (TPSA) is 86.9 Å². The molecule has 4 rings (SSSR count). The number of rotatable bonds is 6. The van der Waals surface area contributed by atoms with Crippen molar-refractivity contribution in [2.75, 3.05) is 12.4 Å². The van der Waals surface area contributed by atoms with Gasteiger partial charge in [-0.2, -0.15) is 19.4 Å². The third kappa shape index (κ3) is 4.23. The van der Waals surface area contributed by atoms with E-state index in [0.717, 1.165) is 28.2 Å². The summed E-state index contributed by atoms with van der Waals surface area (Å²) >= 11 is 0. The number of amides is 1. The Balaban J connectivity index is 1.42. The lowest BCUT2D eigenvalue weighted by Crippen LogP contribution is -2.15. The molecule has 2 aromatic carbocycles. The molecule has 2 aromatic heterocycles. The maximum absolute atomic E-state index is 13.7. The molecular weight excluding hydrogens is 406 g/mol. The van der Waals surface area contributed by atoms with Crippen LogP contribution in [-0.4, -0.2) is 37.8 Å². The highest BCUT2D eigenvalue weighted by Gasteiger charge is 2.13. The highest BCUT2D eigenvalue weighted by Crippen LogP contribution is 2.22. The van der Waals surface area contributed by atoms with Crippen LogP contribution in [-0.2, 0) is 24.8 Å². The van der Waals surface area contributed by atoms with Gasteiger partial charge >= 0.3 is 0 Å². The number of aromatic nitrogens is 5. The third-order valence-corrected chi connectivity index (χ3v) is 4.87. The summed E-state index contributed by atoms with van der Waals surface area (Å²) in [5, 5.41) is 16.3. The summed E-state index contributed by atoms with van der Waals surface area (Å²) in [7, 11) is 3.14. The van der Waals surface area contributed by atoms with Crippen molar-refractivity contribution in [3.8, 4) is 5.75 Å². The Morgan fingerprint density at radius 2 is 1.97 bits per heavy atom. The minimum Gasteiger partial charge on any atom is -0.494 e. The summed E-state index contributed by atoms with van der Waals surface area (Å²) in [5.41, 5.74) is 3.17. The number of anilines is 1. The van der Waals surface area contributed by atoms with E-state index in [9.17, 15) is 13.6 Å². The fourth-order valence-corrected chi connectivity index (χ4v) is 3.42. The van der Waals surface area contributed by atoms with Crippen LogP contribution < -0.4 is 10.1 Å². The van der Waals surface area contributed by atoms with Crippen molar-refractivity contribution in [2.45, 2.75) is 19.9 Å². The predicted octanol–water partition coefficient (Wildman–Crippen LogP) is 2.99. The minimum absolute atomic E-state index is 0.0837. The third-order valence-electron chi connectivity index (χ3n) is 4.87. The molecule has 0 unspecified atom stereocenters. The first-order chi connectivity index (χ1) is 14.8. The van der Waals surface area contributed by atoms with Crippen LogP contribution in [0.5, 0.6) is 5.75 Å². The van der Waals surface area contributed by atoms with Gasteiger partial charge in [-0.3, -0.25) is 9.48 Å². The molecule has 0 aliphatic carbocycles. The molecule has 0 saturated carbocycles. The Morgan fingerprint density at radius 3 is 2.74 bits per heavy atom. The van der Waals surface area contributed by atoms with E-state index >= 15 is 0 Å². The molecule has 8 nitrogen and oxygen atoms in total. The highest BCUT2D eigenvalue weighted by molar-refractivity contribution is 5.92. The van der Waals surface area contributed by atoms with E-state index in [2.05, 4.69) is 20.6 Å². The molecule has 0 saturated heterocycles. The second kappa shape index (κ2) is 8.13. The van der Waals surface area contributed by atoms with Gasteiger partial charge in [-0.1, -0.05) is 6.07 Å². The number of hydrogen-bond acceptors (Lipinski definition) is 5. The van der Waals surface area contributed by atoms with E-state index in [1.165, 1.54) is 24.2 Å². The van der Waals surface area contributed by atoms with E-state index in [1.807, 2.05) is 32.2 Å². The first-order valence-electron chi connectivity index (χ1n) is 9.48. The van der Waals surface area contributed by atoms with Crippen LogP contribution in [0.15, 0.2) is 36.5 Å². The molecule has 31 heavy (non-hydrogen) atoms. The van der Waals surface area contributed by atoms with E-state index in [1.54, 1.807) is 4.68 Å². The minimum atomic E-state index is -1.05. The molecule has 0 aliphatic rings. The number of nitrogens with one attached hydrogen (secondary N) is 1. The van der Waals surface area contributed by atoms with Gasteiger partial charge in [-0.25, -0.2) is 4.39 Å². The van der Waals surface area contributed by atoms with Crippen molar-refractivity contribution in [2.24, 2.45) is 7.05 Å². The summed E-state index contributed by atoms with van der Waals surface area (Å²) in [6.07, 6.45) is 1.56. The number of methoxy groups -OCH3 is 1. The summed E-state index contributed by atoms with van der Waals surface area (Å²) < 4.78 is 33.9. The van der Waals surface area contributed by atoms with Crippen molar-refractivity contribution in [1.29, 1.82) is 0 Å². The average Bonchev–Trinajstić information content (AvgIpc) is 3.27. The normalized spacial score (nSPS) is 11.1. The van der Waals surface area contributed by atoms with Crippen LogP contribution in [0.25, 0.3) is 10.9 Å². The lowest BCUT2D eigenvalue weighted by molar-refractivity contribution is -0.115. The highest BCUT2D eigenvalue weighted by atomic mass is 19.2. The van der Waals surface area contributed by atoms with Gasteiger partial charge < -0.3 is 10.1 Å². The standard InChI is InChI=1S/C21H20F2N6O2/c1-12-15-6-13(4-5-17(15)28(2)26-12)9-20(30)25-19-10-24-29(27-19)11-14-7-16(22)21(23)18(8-14)31-3/h4-8,10H,9,11H2,1-3H3,(H,25,27,30). The quantitative estimate of drug-likeness (QED) is 0.512. The Labute approximate surface area is 176 Å². The van der Waals surface area contributed by atoms with Gasteiger partial charge in [0.2, 0.25) is 11.7 Å². The van der Waals surface area contributed by atoms with E-state index < -0.39 is 11.6 Å². The number of fused-ring (bicyclic) bond motifs is 1. The molecule has 0 radical (unpaired) electrons. The SMILES string of the molecule is COc1cc(Cn2ncc(NC(=O)Cc3ccc4c(c3)c(C)nn4C)n2)cc(F)c1F. The molecule has 1 amide bonds. The molecule has 10 heteroatoms. The van der Waals surface area contributed by atoms with Gasteiger partial charge in [0.05, 0.1) is 37.5 Å². The molecule has 160 valence electrons. The second-order valence-corrected chi connectivity index (χ2v) is 7.14. The first kappa shape index (κ1) is 20.5. The maximum Gasteiger partial charge on any atom is 0.230 e. The molecule has 0 spiro atoms. The Bertz CT molecular complexity index is 1280. The van der Waals surface area contributed by atoms with Gasteiger partial charge in [-0.05, 0) is 42.3 Å². The van der Waals surface area contributed by atoms with Gasteiger partial charge in [0.25, 0.3) is 0 Å². The van der Waals surface area contributed by atoms with Gasteiger partial charge in [0.15, 0.2) is 17.4 Å². The first-order valence-corrected chi connectivity index (χ1v) is 9.48. The average molecular weight is 426 g/mol. The van der Waals surface area contributed by atoms with Crippen molar-refractivity contribution in [3.05, 3.63) is 65.0 Å². The van der Waals surface area contributed by atoms with Crippen LogP contribution in [0.2, 0.25) is 0 Å². The number of carbonyl (C=O) groups excluding carboxylic acids is 1. The Morgan fingerprint density at radius 1 is 1.16 bits per heavy atom. The zero-order valence-electron chi connectivity index (χ0n) is 17.2. The van der Waals surface area contributed by atoms with Gasteiger partial charge in [0, 0.05) is 12.4 Å². The summed E-state index contributed by atoms with van der Waals surface area (Å²) in [6, 6.07) is 8.19. The summed E-state index contributed by atoms with van der Waals surface area (Å²) in [6.45, 7) is 2.01. The lowest BCUT2D eigenvalue weighted by atomic mass is 10.1. The lowest BCUT2D eigenvalue weighted by Gasteiger charge is -2.06. The number of nitrogens with zero attached hydrogens (tertiary/aromatic N) is 5. The maximum atomic E-state index is 13.7. The summed E-state index contributed by atoms with van der Waals surface area (Å²) in [4.78, 5) is 13.7. The van der Waals surface area contributed by atoms with Crippen molar-refractivity contribution in [3.63, 3.8) is 0 Å². The molecule has 0 aliphatic heterocycles. The van der Waals surface area contributed by atoms with Crippen LogP contribution in [0, 0.1) is 18.6 Å². The van der Waals surface area contributed by atoms with Crippen molar-refractivity contribution in [1.82, 2.24) is 24.8 Å². The van der Waals surface area contributed by atoms with E-state index in [4.69, 9.17) is 4.74 Å². The second-order valence-electron chi connectivity index (χ2n) is 7.14. The smallest absolute Gasteiger partial charge is 0.230 e. The number of ether oxygens (including phenoxy) is 1. The number of carbonyl (C=O) groups is 1. The van der Waals surface area contributed by atoms with Crippen LogP contribution in [0.4, 0.5) is 14.6 Å². The molecule has 0 bridgehead atoms. The number of halogens is 2. The van der Waals surface area contributed by atoms with Crippen molar-refractivity contribution < 1.29 is 18.3 Å². The van der Waals surface area contributed by atoms with Crippen molar-refractivity contribution >= 4 is 22.6 Å². The van der Waals surface area contributed by atoms with Crippen LogP contribution in [0.1, 0.15) is 16.8 Å². The fourth-order valence-electron chi connectivity index (χ4n) is 3.42. The van der Waals surface area contributed by atoms with Gasteiger partial charge in [0.1, 0.15) is 0 Å². The fraction of sp³-hybridized carbons (Fsp3) is 0.238. The zero-order chi connectivity index (χ0) is 22.1. The molecule has 0 fully saturated rings. The van der Waals surface area contributed by atoms with E-state index in [0.29, 0.717) is 5.56 Å². The molecule has 1 N–H and O–H groups in total. The van der Waals surface area contributed by atoms with Crippen LogP contribution in [0.3, 0.4) is 0 Å². The summed E-state index contributed by atoms with van der Waals surface area (Å²) in [5.74, 6) is -2.25. The monoisotopic (exact) mass is 426 g/mol. The molecule has 4 aromatic rings. The predicted molar refractivity (Wildman–Crippen MR) is 110 cm³/mol. The number of hydrogen-bond donors (Lipinski definition) is 1. The number of aryl methyl sites for hydroxylation is 2. The Kier molecular flexibility index (Phi) is 5.37. The molecule has 2 heterocycles. The van der Waals surface area contributed by atoms with Crippen LogP contribution >= 0.6 is 0 Å².